The van der Waals surface area contributed by atoms with E-state index in [1.165, 1.54) is 0 Å². The lowest BCUT2D eigenvalue weighted by Gasteiger charge is -2.20. The van der Waals surface area contributed by atoms with Crippen molar-refractivity contribution in [3.63, 3.8) is 0 Å². The highest BCUT2D eigenvalue weighted by Crippen LogP contribution is 2.32. The minimum atomic E-state index is -0.00630. The lowest BCUT2D eigenvalue weighted by molar-refractivity contribution is -0.135. The molecule has 4 heterocycles. The number of nitrogens with zero attached hydrogens (tertiary/aromatic N) is 5. The minimum absolute atomic E-state index is 0.00630. The van der Waals surface area contributed by atoms with Crippen molar-refractivity contribution in [1.82, 2.24) is 20.1 Å². The monoisotopic (exact) mass is 357 g/mol. The third kappa shape index (κ3) is 2.84. The average molecular weight is 358 g/mol. The molecule has 1 fully saturated rings. The van der Waals surface area contributed by atoms with Crippen LogP contribution in [0, 0.1) is 19.8 Å². The Morgan fingerprint density at radius 3 is 2.92 bits per heavy atom. The zero-order chi connectivity index (χ0) is 17.6. The molecule has 0 bridgehead atoms. The van der Waals surface area contributed by atoms with E-state index in [9.17, 15) is 4.79 Å². The van der Waals surface area contributed by atoms with Crippen molar-refractivity contribution in [1.29, 1.82) is 0 Å². The zero-order valence-corrected chi connectivity index (χ0v) is 15.1. The predicted molar refractivity (Wildman–Crippen MR) is 95.3 cm³/mol. The van der Waals surface area contributed by atoms with E-state index in [0.717, 1.165) is 41.3 Å². The first-order chi connectivity index (χ1) is 12.0. The molecule has 0 aromatic carbocycles. The van der Waals surface area contributed by atoms with Crippen molar-refractivity contribution < 1.29 is 4.79 Å². The molecular formula is C18H20ClN5O. The normalized spacial score (nSPS) is 19.4. The molecule has 2 aliphatic heterocycles. The number of fused-ring (bicyclic) bond motifs is 1. The number of anilines is 1. The van der Waals surface area contributed by atoms with E-state index in [1.54, 1.807) is 6.20 Å². The van der Waals surface area contributed by atoms with Crippen molar-refractivity contribution in [2.45, 2.75) is 33.4 Å². The summed E-state index contributed by atoms with van der Waals surface area (Å²) in [6.07, 6.45) is 2.50. The molecule has 1 unspecified atom stereocenters. The van der Waals surface area contributed by atoms with Crippen molar-refractivity contribution in [3.05, 3.63) is 45.9 Å². The number of rotatable bonds is 2. The molecule has 130 valence electrons. The first kappa shape index (κ1) is 16.3. The molecule has 4 rings (SSSR count). The second kappa shape index (κ2) is 6.26. The number of carbonyl (C=O) groups excluding carboxylic acids is 1. The number of hydrogen-bond donors (Lipinski definition) is 0. The highest BCUT2D eigenvalue weighted by Gasteiger charge is 2.35. The summed E-state index contributed by atoms with van der Waals surface area (Å²) in [7, 11) is 0. The first-order valence-electron chi connectivity index (χ1n) is 8.50. The van der Waals surface area contributed by atoms with Gasteiger partial charge >= 0.3 is 0 Å². The average Bonchev–Trinajstić information content (AvgIpc) is 3.27. The van der Waals surface area contributed by atoms with Gasteiger partial charge < -0.3 is 9.80 Å². The molecular weight excluding hydrogens is 338 g/mol. The Balaban J connectivity index is 1.47. The SMILES string of the molecule is Cc1nc2c(c(C)c1Cl)CN(C(=O)C1CCN(c3cccnn3)C1)C2. The second-order valence-electron chi connectivity index (χ2n) is 6.77. The third-order valence-corrected chi connectivity index (χ3v) is 5.73. The van der Waals surface area contributed by atoms with Gasteiger partial charge in [0.15, 0.2) is 5.82 Å². The maximum absolute atomic E-state index is 13.0. The highest BCUT2D eigenvalue weighted by molar-refractivity contribution is 6.32. The number of halogens is 1. The molecule has 0 N–H and O–H groups in total. The summed E-state index contributed by atoms with van der Waals surface area (Å²) in [5.41, 5.74) is 3.97. The van der Waals surface area contributed by atoms with E-state index in [1.807, 2.05) is 30.9 Å². The molecule has 1 saturated heterocycles. The van der Waals surface area contributed by atoms with Gasteiger partial charge in [-0.15, -0.1) is 5.10 Å². The second-order valence-corrected chi connectivity index (χ2v) is 7.15. The summed E-state index contributed by atoms with van der Waals surface area (Å²) in [5.74, 6) is 1.02. The smallest absolute Gasteiger partial charge is 0.228 e. The van der Waals surface area contributed by atoms with Gasteiger partial charge in [0, 0.05) is 25.8 Å². The Morgan fingerprint density at radius 1 is 1.32 bits per heavy atom. The van der Waals surface area contributed by atoms with Crippen LogP contribution in [-0.2, 0) is 17.9 Å². The van der Waals surface area contributed by atoms with Crippen LogP contribution in [0.1, 0.15) is 28.9 Å². The first-order valence-corrected chi connectivity index (χ1v) is 8.88. The number of carbonyl (C=O) groups is 1. The summed E-state index contributed by atoms with van der Waals surface area (Å²) in [6, 6.07) is 3.80. The van der Waals surface area contributed by atoms with Crippen LogP contribution in [0.2, 0.25) is 5.02 Å². The van der Waals surface area contributed by atoms with Gasteiger partial charge in [0.25, 0.3) is 0 Å². The van der Waals surface area contributed by atoms with Gasteiger partial charge in [-0.05, 0) is 43.5 Å². The summed E-state index contributed by atoms with van der Waals surface area (Å²) < 4.78 is 0. The van der Waals surface area contributed by atoms with Crippen molar-refractivity contribution >= 4 is 23.3 Å². The van der Waals surface area contributed by atoms with Crippen molar-refractivity contribution in [3.8, 4) is 0 Å². The van der Waals surface area contributed by atoms with E-state index in [-0.39, 0.29) is 11.8 Å². The standard InChI is InChI=1S/C18H20ClN5O/c1-11-14-9-24(10-15(14)21-12(2)17(11)19)18(25)13-5-7-23(8-13)16-4-3-6-20-22-16/h3-4,6,13H,5,7-10H2,1-2H3. The third-order valence-electron chi connectivity index (χ3n) is 5.17. The number of aromatic nitrogens is 3. The number of pyridine rings is 1. The molecule has 7 heteroatoms. The lowest BCUT2D eigenvalue weighted by Crippen LogP contribution is -2.34. The number of hydrogen-bond acceptors (Lipinski definition) is 5. The van der Waals surface area contributed by atoms with Crippen LogP contribution in [-0.4, -0.2) is 39.1 Å². The Labute approximate surface area is 151 Å². The summed E-state index contributed by atoms with van der Waals surface area (Å²) >= 11 is 6.32. The van der Waals surface area contributed by atoms with E-state index >= 15 is 0 Å². The number of aryl methyl sites for hydroxylation is 1. The van der Waals surface area contributed by atoms with Crippen LogP contribution in [0.3, 0.4) is 0 Å². The molecule has 25 heavy (non-hydrogen) atoms. The van der Waals surface area contributed by atoms with Crippen molar-refractivity contribution in [2.24, 2.45) is 5.92 Å². The van der Waals surface area contributed by atoms with Crippen LogP contribution >= 0.6 is 11.6 Å². The largest absolute Gasteiger partial charge is 0.354 e. The quantitative estimate of drug-likeness (QED) is 0.826. The molecule has 2 aliphatic rings. The topological polar surface area (TPSA) is 62.2 Å². The molecule has 0 spiro atoms. The van der Waals surface area contributed by atoms with E-state index in [2.05, 4.69) is 20.1 Å². The minimum Gasteiger partial charge on any atom is -0.354 e. The predicted octanol–water partition coefficient (Wildman–Crippen LogP) is 2.51. The van der Waals surface area contributed by atoms with Crippen LogP contribution in [0.5, 0.6) is 0 Å². The Hall–Kier alpha value is -2.21. The van der Waals surface area contributed by atoms with E-state index in [0.29, 0.717) is 24.7 Å². The van der Waals surface area contributed by atoms with Crippen molar-refractivity contribution in [2.75, 3.05) is 18.0 Å². The van der Waals surface area contributed by atoms with Gasteiger partial charge in [-0.1, -0.05) is 11.6 Å². The fraction of sp³-hybridized carbons (Fsp3) is 0.444. The van der Waals surface area contributed by atoms with Gasteiger partial charge in [-0.25, -0.2) is 0 Å². The van der Waals surface area contributed by atoms with Crippen LogP contribution < -0.4 is 4.90 Å². The van der Waals surface area contributed by atoms with Gasteiger partial charge in [0.2, 0.25) is 5.91 Å². The fourth-order valence-electron chi connectivity index (χ4n) is 3.75. The van der Waals surface area contributed by atoms with Gasteiger partial charge in [-0.3, -0.25) is 9.78 Å². The van der Waals surface area contributed by atoms with Gasteiger partial charge in [0.05, 0.1) is 28.9 Å². The Kier molecular flexibility index (Phi) is 4.07. The van der Waals surface area contributed by atoms with Gasteiger partial charge in [-0.2, -0.15) is 5.10 Å². The Bertz CT molecular complexity index is 826. The lowest BCUT2D eigenvalue weighted by atomic mass is 10.1. The summed E-state index contributed by atoms with van der Waals surface area (Å²) in [4.78, 5) is 21.6. The Morgan fingerprint density at radius 2 is 2.16 bits per heavy atom. The molecule has 6 nitrogen and oxygen atoms in total. The highest BCUT2D eigenvalue weighted by atomic mass is 35.5. The molecule has 0 radical (unpaired) electrons. The molecule has 1 atom stereocenters. The zero-order valence-electron chi connectivity index (χ0n) is 14.4. The molecule has 0 saturated carbocycles. The molecule has 2 aromatic rings. The maximum Gasteiger partial charge on any atom is 0.228 e. The number of amides is 1. The van der Waals surface area contributed by atoms with Crippen LogP contribution in [0.25, 0.3) is 0 Å². The molecule has 1 amide bonds. The summed E-state index contributed by atoms with van der Waals surface area (Å²) in [5, 5.41) is 8.77. The van der Waals surface area contributed by atoms with E-state index in [4.69, 9.17) is 11.6 Å². The van der Waals surface area contributed by atoms with Crippen LogP contribution in [0.15, 0.2) is 18.3 Å². The maximum atomic E-state index is 13.0. The van der Waals surface area contributed by atoms with E-state index < -0.39 is 0 Å². The fourth-order valence-corrected chi connectivity index (χ4v) is 3.91. The van der Waals surface area contributed by atoms with Crippen LogP contribution in [0.4, 0.5) is 5.82 Å². The molecule has 0 aliphatic carbocycles. The van der Waals surface area contributed by atoms with Gasteiger partial charge in [0.1, 0.15) is 0 Å². The molecule has 2 aromatic heterocycles. The summed E-state index contributed by atoms with van der Waals surface area (Å²) in [6.45, 7) is 6.63.